The molecule has 0 unspecified atom stereocenters. The average Bonchev–Trinajstić information content (AvgIpc) is 2.91. The highest BCUT2D eigenvalue weighted by Crippen LogP contribution is 2.30. The summed E-state index contributed by atoms with van der Waals surface area (Å²) < 4.78 is 38.1. The van der Waals surface area contributed by atoms with Gasteiger partial charge in [0.05, 0.1) is 6.42 Å². The molecule has 2 aromatic carbocycles. The van der Waals surface area contributed by atoms with Gasteiger partial charge < -0.3 is 15.0 Å². The molecule has 3 rings (SSSR count). The third-order valence-electron chi connectivity index (χ3n) is 7.01. The lowest BCUT2D eigenvalue weighted by Gasteiger charge is -2.32. The van der Waals surface area contributed by atoms with E-state index in [4.69, 9.17) is 0 Å². The molecule has 214 valence electrons. The fourth-order valence-corrected chi connectivity index (χ4v) is 4.78. The molecule has 0 aliphatic carbocycles. The number of halogens is 3. The molecular weight excluding hydrogens is 519 g/mol. The van der Waals surface area contributed by atoms with Gasteiger partial charge >= 0.3 is 6.18 Å². The Morgan fingerprint density at radius 2 is 1.65 bits per heavy atom. The van der Waals surface area contributed by atoms with Crippen molar-refractivity contribution in [3.05, 3.63) is 65.9 Å². The summed E-state index contributed by atoms with van der Waals surface area (Å²) >= 11 is 0. The average molecular weight is 556 g/mol. The monoisotopic (exact) mass is 555 g/mol. The van der Waals surface area contributed by atoms with Gasteiger partial charge in [-0.3, -0.25) is 14.6 Å². The highest BCUT2D eigenvalue weighted by atomic mass is 19.4. The lowest BCUT2D eigenvalue weighted by molar-refractivity contribution is -0.132. The molecule has 1 aliphatic rings. The number of para-hydroxylation sites is 1. The maximum atomic E-state index is 13.2. The molecule has 0 radical (unpaired) electrons. The fourth-order valence-electron chi connectivity index (χ4n) is 4.78. The van der Waals surface area contributed by atoms with Crippen LogP contribution in [0.25, 0.3) is 11.1 Å². The van der Waals surface area contributed by atoms with Crippen LogP contribution in [-0.2, 0) is 20.8 Å². The summed E-state index contributed by atoms with van der Waals surface area (Å²) in [7, 11) is 0. The highest BCUT2D eigenvalue weighted by Gasteiger charge is 2.27. The largest absolute Gasteiger partial charge is 0.393 e. The number of ketones is 1. The van der Waals surface area contributed by atoms with Crippen LogP contribution in [0, 0.1) is 5.92 Å². The number of hydrogen-bond donors (Lipinski definition) is 1. The molecule has 1 saturated heterocycles. The molecule has 2 amide bonds. The third kappa shape index (κ3) is 9.17. The van der Waals surface area contributed by atoms with E-state index >= 15 is 0 Å². The van der Waals surface area contributed by atoms with Crippen molar-refractivity contribution in [3.63, 3.8) is 0 Å². The molecule has 1 aliphatic heterocycles. The fraction of sp³-hybridized carbons (Fsp3) is 0.419. The number of benzene rings is 2. The zero-order chi connectivity index (χ0) is 29.3. The van der Waals surface area contributed by atoms with E-state index in [0.717, 1.165) is 18.6 Å². The van der Waals surface area contributed by atoms with E-state index in [1.165, 1.54) is 19.1 Å². The van der Waals surface area contributed by atoms with Crippen LogP contribution in [0.2, 0.25) is 0 Å². The van der Waals surface area contributed by atoms with Crippen molar-refractivity contribution in [2.75, 3.05) is 18.4 Å². The Morgan fingerprint density at radius 1 is 1.00 bits per heavy atom. The van der Waals surface area contributed by atoms with E-state index in [2.05, 4.69) is 10.3 Å². The molecule has 2 aromatic rings. The van der Waals surface area contributed by atoms with Crippen LogP contribution >= 0.6 is 0 Å². The van der Waals surface area contributed by atoms with E-state index < -0.39 is 12.6 Å². The predicted octanol–water partition coefficient (Wildman–Crippen LogP) is 6.76. The molecule has 0 aromatic heterocycles. The molecule has 1 heterocycles. The molecule has 0 bridgehead atoms. The van der Waals surface area contributed by atoms with Gasteiger partial charge in [0.15, 0.2) is 0 Å². The van der Waals surface area contributed by atoms with E-state index in [1.54, 1.807) is 49.4 Å². The predicted molar refractivity (Wildman–Crippen MR) is 151 cm³/mol. The summed E-state index contributed by atoms with van der Waals surface area (Å²) in [6.07, 6.45) is -0.772. The highest BCUT2D eigenvalue weighted by molar-refractivity contribution is 6.07. The molecule has 9 heteroatoms. The number of Topliss-reactive ketones (excluding diaryl/α,β-unsaturated/α-hetero) is 1. The van der Waals surface area contributed by atoms with Gasteiger partial charge in [0.2, 0.25) is 5.91 Å². The Labute approximate surface area is 233 Å². The maximum absolute atomic E-state index is 13.2. The Morgan fingerprint density at radius 3 is 2.25 bits per heavy atom. The Bertz CT molecular complexity index is 1260. The maximum Gasteiger partial charge on any atom is 0.393 e. The second kappa shape index (κ2) is 14.1. The molecular formula is C31H36F3N3O3. The number of aliphatic imine (C=N–C) groups is 1. The number of alkyl halides is 3. The molecule has 0 saturated carbocycles. The van der Waals surface area contributed by atoms with Crippen LogP contribution < -0.4 is 5.32 Å². The van der Waals surface area contributed by atoms with Gasteiger partial charge in [-0.2, -0.15) is 13.2 Å². The molecule has 1 N–H and O–H groups in total. The van der Waals surface area contributed by atoms with E-state index in [0.29, 0.717) is 49.2 Å². The molecule has 40 heavy (non-hydrogen) atoms. The summed E-state index contributed by atoms with van der Waals surface area (Å²) in [6.45, 7) is 6.38. The second-order valence-corrected chi connectivity index (χ2v) is 10.1. The Balaban J connectivity index is 1.63. The lowest BCUT2D eigenvalue weighted by Crippen LogP contribution is -2.40. The minimum Gasteiger partial charge on any atom is -0.343 e. The van der Waals surface area contributed by atoms with E-state index in [1.807, 2.05) is 11.8 Å². The summed E-state index contributed by atoms with van der Waals surface area (Å²) in [6, 6.07) is 13.2. The van der Waals surface area contributed by atoms with Crippen LogP contribution in [0.3, 0.4) is 0 Å². The van der Waals surface area contributed by atoms with Crippen LogP contribution in [0.1, 0.15) is 58.4 Å². The summed E-state index contributed by atoms with van der Waals surface area (Å²) in [5.74, 6) is -0.0896. The number of rotatable bonds is 10. The number of piperidine rings is 1. The van der Waals surface area contributed by atoms with Crippen molar-refractivity contribution in [2.24, 2.45) is 10.9 Å². The van der Waals surface area contributed by atoms with Crippen LogP contribution in [-0.4, -0.2) is 47.5 Å². The van der Waals surface area contributed by atoms with Gasteiger partial charge in [0.25, 0.3) is 5.91 Å². The van der Waals surface area contributed by atoms with Crippen molar-refractivity contribution >= 4 is 29.0 Å². The number of nitrogens with one attached hydrogen (secondary N) is 1. The van der Waals surface area contributed by atoms with Gasteiger partial charge in [-0.1, -0.05) is 48.5 Å². The van der Waals surface area contributed by atoms with Crippen molar-refractivity contribution in [2.45, 2.75) is 65.5 Å². The van der Waals surface area contributed by atoms with Gasteiger partial charge in [-0.15, -0.1) is 0 Å². The third-order valence-corrected chi connectivity index (χ3v) is 7.01. The van der Waals surface area contributed by atoms with Crippen molar-refractivity contribution in [3.8, 4) is 11.1 Å². The minimum absolute atomic E-state index is 0.0662. The smallest absolute Gasteiger partial charge is 0.343 e. The second-order valence-electron chi connectivity index (χ2n) is 10.1. The lowest BCUT2D eigenvalue weighted by atomic mass is 9.92. The van der Waals surface area contributed by atoms with Gasteiger partial charge in [-0.05, 0) is 57.2 Å². The zero-order valence-electron chi connectivity index (χ0n) is 23.2. The Kier molecular flexibility index (Phi) is 10.8. The normalized spacial score (nSPS) is 15.2. The number of hydrogen-bond acceptors (Lipinski definition) is 4. The van der Waals surface area contributed by atoms with Gasteiger partial charge in [0.1, 0.15) is 11.5 Å². The standard InChI is InChI=1S/C31H36F3N3O3/c1-4-27(35-22(3)24-16-18-37(19-17-24)29(39)11-7-8-21(2)38)30(40)36-28-10-6-5-9-26(28)25-14-12-23(13-15-25)20-31(32,33)34/h4-6,9-10,12-15,24H,7-8,11,16-20H2,1-3H3,(H,36,40)/b27-4-,35-22+. The number of nitrogens with zero attached hydrogens (tertiary/aromatic N) is 2. The van der Waals surface area contributed by atoms with Crippen LogP contribution in [0.4, 0.5) is 18.9 Å². The summed E-state index contributed by atoms with van der Waals surface area (Å²) in [5, 5.41) is 2.90. The number of amides is 2. The number of allylic oxidation sites excluding steroid dienone is 1. The van der Waals surface area contributed by atoms with Gasteiger partial charge in [-0.25, -0.2) is 0 Å². The first-order chi connectivity index (χ1) is 19.0. The van der Waals surface area contributed by atoms with E-state index in [-0.39, 0.29) is 34.8 Å². The minimum atomic E-state index is -4.28. The number of carbonyl (C=O) groups is 3. The first kappa shape index (κ1) is 30.8. The number of anilines is 1. The summed E-state index contributed by atoms with van der Waals surface area (Å²) in [5.41, 5.74) is 3.15. The molecule has 6 nitrogen and oxygen atoms in total. The topological polar surface area (TPSA) is 78.8 Å². The van der Waals surface area contributed by atoms with Crippen molar-refractivity contribution < 1.29 is 27.6 Å². The quantitative estimate of drug-likeness (QED) is 0.260. The first-order valence-corrected chi connectivity index (χ1v) is 13.5. The van der Waals surface area contributed by atoms with Crippen molar-refractivity contribution in [1.82, 2.24) is 4.90 Å². The molecule has 0 spiro atoms. The van der Waals surface area contributed by atoms with Gasteiger partial charge in [0, 0.05) is 48.8 Å². The molecule has 0 atom stereocenters. The number of likely N-dealkylation sites (tertiary alicyclic amines) is 1. The summed E-state index contributed by atoms with van der Waals surface area (Å²) in [4.78, 5) is 43.1. The SMILES string of the molecule is C/C=C(\N=C(/C)C1CCN(C(=O)CCCC(C)=O)CC1)C(=O)Nc1ccccc1-c1ccc(CC(F)(F)F)cc1. The number of carbonyl (C=O) groups excluding carboxylic acids is 3. The first-order valence-electron chi connectivity index (χ1n) is 13.5. The zero-order valence-corrected chi connectivity index (χ0v) is 23.2. The van der Waals surface area contributed by atoms with Crippen molar-refractivity contribution in [1.29, 1.82) is 0 Å². The molecule has 1 fully saturated rings. The van der Waals surface area contributed by atoms with Crippen LogP contribution in [0.5, 0.6) is 0 Å². The van der Waals surface area contributed by atoms with E-state index in [9.17, 15) is 27.6 Å². The Hall–Kier alpha value is -3.75. The van der Waals surface area contributed by atoms with Crippen LogP contribution in [0.15, 0.2) is 65.3 Å².